The number of rotatable bonds is 2. The summed E-state index contributed by atoms with van der Waals surface area (Å²) in [5.74, 6) is 0.646. The molecule has 2 aromatic heterocycles. The lowest BCUT2D eigenvalue weighted by Crippen LogP contribution is -2.30. The van der Waals surface area contributed by atoms with Crippen molar-refractivity contribution in [2.24, 2.45) is 14.1 Å². The first-order valence-corrected chi connectivity index (χ1v) is 8.57. The third kappa shape index (κ3) is 2.18. The summed E-state index contributed by atoms with van der Waals surface area (Å²) >= 11 is 0. The van der Waals surface area contributed by atoms with E-state index in [4.69, 9.17) is 4.74 Å². The number of fused-ring (bicyclic) bond motifs is 2. The van der Waals surface area contributed by atoms with Gasteiger partial charge in [0.1, 0.15) is 5.75 Å². The highest BCUT2D eigenvalue weighted by molar-refractivity contribution is 6.15. The maximum Gasteiger partial charge on any atom is 0.260 e. The Labute approximate surface area is 151 Å². The van der Waals surface area contributed by atoms with Crippen LogP contribution in [-0.2, 0) is 20.5 Å². The van der Waals surface area contributed by atoms with E-state index in [-0.39, 0.29) is 11.5 Å². The van der Waals surface area contributed by atoms with Crippen molar-refractivity contribution in [3.63, 3.8) is 0 Å². The summed E-state index contributed by atoms with van der Waals surface area (Å²) in [5.41, 5.74) is 3.96. The van der Waals surface area contributed by atoms with Gasteiger partial charge in [-0.1, -0.05) is 6.07 Å². The van der Waals surface area contributed by atoms with Crippen molar-refractivity contribution in [3.05, 3.63) is 57.6 Å². The standard InChI is InChI=1S/C20H21N3O3/c1-12-10-22(3)20(25)17-14(11-21(2)18(12)17)19(24)23-9-8-13-15(23)6-5-7-16(13)26-4/h5-7,10-11H,8-9H2,1-4H3. The molecule has 1 amide bonds. The number of anilines is 1. The van der Waals surface area contributed by atoms with Crippen LogP contribution in [0.4, 0.5) is 5.69 Å². The van der Waals surface area contributed by atoms with Crippen molar-refractivity contribution in [2.75, 3.05) is 18.6 Å². The van der Waals surface area contributed by atoms with Crippen LogP contribution in [-0.4, -0.2) is 28.7 Å². The number of pyridine rings is 1. The first-order chi connectivity index (χ1) is 12.4. The smallest absolute Gasteiger partial charge is 0.260 e. The molecule has 0 spiro atoms. The average molecular weight is 351 g/mol. The number of aryl methyl sites for hydroxylation is 3. The van der Waals surface area contributed by atoms with E-state index >= 15 is 0 Å². The average Bonchev–Trinajstić information content (AvgIpc) is 3.20. The van der Waals surface area contributed by atoms with Gasteiger partial charge in [0.2, 0.25) is 0 Å². The zero-order valence-corrected chi connectivity index (χ0v) is 15.4. The summed E-state index contributed by atoms with van der Waals surface area (Å²) in [6, 6.07) is 5.72. The maximum absolute atomic E-state index is 13.3. The minimum atomic E-state index is -0.153. The van der Waals surface area contributed by atoms with Gasteiger partial charge in [-0.2, -0.15) is 0 Å². The number of amides is 1. The Morgan fingerprint density at radius 3 is 2.65 bits per heavy atom. The molecule has 3 aromatic rings. The Hall–Kier alpha value is -3.02. The van der Waals surface area contributed by atoms with Crippen LogP contribution in [0.2, 0.25) is 0 Å². The lowest BCUT2D eigenvalue weighted by atomic mass is 10.1. The topological polar surface area (TPSA) is 56.5 Å². The second-order valence-electron chi connectivity index (χ2n) is 6.77. The molecule has 6 heteroatoms. The molecule has 6 nitrogen and oxygen atoms in total. The van der Waals surface area contributed by atoms with Crippen LogP contribution >= 0.6 is 0 Å². The van der Waals surface area contributed by atoms with Crippen molar-refractivity contribution >= 4 is 22.5 Å². The zero-order chi connectivity index (χ0) is 18.6. The third-order valence-electron chi connectivity index (χ3n) is 5.16. The molecule has 0 saturated heterocycles. The number of carbonyl (C=O) groups is 1. The molecule has 0 unspecified atom stereocenters. The number of ether oxygens (including phenoxy) is 1. The van der Waals surface area contributed by atoms with Crippen LogP contribution in [0.3, 0.4) is 0 Å². The van der Waals surface area contributed by atoms with Crippen LogP contribution in [0, 0.1) is 6.92 Å². The highest BCUT2D eigenvalue weighted by Crippen LogP contribution is 2.36. The molecule has 0 saturated carbocycles. The fourth-order valence-corrected chi connectivity index (χ4v) is 4.02. The molecular weight excluding hydrogens is 330 g/mol. The van der Waals surface area contributed by atoms with E-state index in [2.05, 4.69) is 0 Å². The predicted molar refractivity (Wildman–Crippen MR) is 101 cm³/mol. The second kappa shape index (κ2) is 5.76. The van der Waals surface area contributed by atoms with Crippen molar-refractivity contribution in [3.8, 4) is 5.75 Å². The number of hydrogen-bond donors (Lipinski definition) is 0. The molecule has 0 bridgehead atoms. The fourth-order valence-electron chi connectivity index (χ4n) is 4.02. The summed E-state index contributed by atoms with van der Waals surface area (Å²) < 4.78 is 8.82. The molecule has 134 valence electrons. The van der Waals surface area contributed by atoms with E-state index in [0.717, 1.165) is 34.5 Å². The predicted octanol–water partition coefficient (Wildman–Crippen LogP) is 2.40. The first kappa shape index (κ1) is 16.4. The molecule has 26 heavy (non-hydrogen) atoms. The van der Waals surface area contributed by atoms with Crippen molar-refractivity contribution < 1.29 is 9.53 Å². The molecule has 1 aliphatic rings. The van der Waals surface area contributed by atoms with E-state index in [1.165, 1.54) is 4.57 Å². The van der Waals surface area contributed by atoms with Gasteiger partial charge in [-0.3, -0.25) is 9.59 Å². The van der Waals surface area contributed by atoms with Crippen LogP contribution in [0.15, 0.2) is 35.4 Å². The van der Waals surface area contributed by atoms with E-state index < -0.39 is 0 Å². The summed E-state index contributed by atoms with van der Waals surface area (Å²) in [7, 11) is 5.22. The van der Waals surface area contributed by atoms with Crippen LogP contribution < -0.4 is 15.2 Å². The number of methoxy groups -OCH3 is 1. The van der Waals surface area contributed by atoms with E-state index in [0.29, 0.717) is 17.5 Å². The molecule has 1 aromatic carbocycles. The summed E-state index contributed by atoms with van der Waals surface area (Å²) in [4.78, 5) is 27.8. The molecule has 0 radical (unpaired) electrons. The monoisotopic (exact) mass is 351 g/mol. The summed E-state index contributed by atoms with van der Waals surface area (Å²) in [6.45, 7) is 2.53. The highest BCUT2D eigenvalue weighted by Gasteiger charge is 2.30. The van der Waals surface area contributed by atoms with Crippen LogP contribution in [0.5, 0.6) is 5.75 Å². The van der Waals surface area contributed by atoms with Gasteiger partial charge in [0, 0.05) is 38.6 Å². The van der Waals surface area contributed by atoms with Crippen molar-refractivity contribution in [1.82, 2.24) is 9.13 Å². The van der Waals surface area contributed by atoms with Gasteiger partial charge in [0.15, 0.2) is 0 Å². The third-order valence-corrected chi connectivity index (χ3v) is 5.16. The van der Waals surface area contributed by atoms with Crippen LogP contribution in [0.1, 0.15) is 21.5 Å². The van der Waals surface area contributed by atoms with Gasteiger partial charge < -0.3 is 18.8 Å². The van der Waals surface area contributed by atoms with Crippen LogP contribution in [0.25, 0.3) is 10.9 Å². The number of nitrogens with zero attached hydrogens (tertiary/aromatic N) is 3. The fraction of sp³-hybridized carbons (Fsp3) is 0.300. The molecule has 4 rings (SSSR count). The highest BCUT2D eigenvalue weighted by atomic mass is 16.5. The minimum Gasteiger partial charge on any atom is -0.496 e. The summed E-state index contributed by atoms with van der Waals surface area (Å²) in [6.07, 6.45) is 4.31. The minimum absolute atomic E-state index is 0.148. The van der Waals surface area contributed by atoms with Gasteiger partial charge >= 0.3 is 0 Å². The van der Waals surface area contributed by atoms with E-state index in [9.17, 15) is 9.59 Å². The molecule has 1 aliphatic heterocycles. The van der Waals surface area contributed by atoms with Gasteiger partial charge in [-0.15, -0.1) is 0 Å². The van der Waals surface area contributed by atoms with E-state index in [1.807, 2.05) is 36.7 Å². The number of carbonyl (C=O) groups excluding carboxylic acids is 1. The Morgan fingerprint density at radius 1 is 1.15 bits per heavy atom. The van der Waals surface area contributed by atoms with Gasteiger partial charge in [-0.05, 0) is 31.0 Å². The molecule has 0 aliphatic carbocycles. The quantitative estimate of drug-likeness (QED) is 0.712. The molecule has 0 N–H and O–H groups in total. The first-order valence-electron chi connectivity index (χ1n) is 8.57. The number of benzene rings is 1. The molecular formula is C20H21N3O3. The zero-order valence-electron chi connectivity index (χ0n) is 15.4. The van der Waals surface area contributed by atoms with Crippen molar-refractivity contribution in [2.45, 2.75) is 13.3 Å². The Balaban J connectivity index is 1.89. The Bertz CT molecular complexity index is 1110. The largest absolute Gasteiger partial charge is 0.496 e. The summed E-state index contributed by atoms with van der Waals surface area (Å²) in [5, 5.41) is 0.483. The lowest BCUT2D eigenvalue weighted by Gasteiger charge is -2.17. The maximum atomic E-state index is 13.3. The molecule has 3 heterocycles. The Kier molecular flexibility index (Phi) is 3.64. The van der Waals surface area contributed by atoms with Gasteiger partial charge in [0.05, 0.1) is 29.3 Å². The normalized spacial score (nSPS) is 13.3. The van der Waals surface area contributed by atoms with E-state index in [1.54, 1.807) is 31.5 Å². The molecule has 0 fully saturated rings. The Morgan fingerprint density at radius 2 is 1.92 bits per heavy atom. The van der Waals surface area contributed by atoms with Crippen molar-refractivity contribution in [1.29, 1.82) is 0 Å². The number of aromatic nitrogens is 2. The number of hydrogen-bond acceptors (Lipinski definition) is 3. The molecule has 0 atom stereocenters. The van der Waals surface area contributed by atoms with Gasteiger partial charge in [0.25, 0.3) is 11.5 Å². The van der Waals surface area contributed by atoms with Gasteiger partial charge in [-0.25, -0.2) is 0 Å². The second-order valence-corrected chi connectivity index (χ2v) is 6.77. The lowest BCUT2D eigenvalue weighted by molar-refractivity contribution is 0.0990. The SMILES string of the molecule is COc1cccc2c1CCN2C(=O)c1cn(C)c2c(C)cn(C)c(=O)c12.